The summed E-state index contributed by atoms with van der Waals surface area (Å²) in [6, 6.07) is 0.617. The van der Waals surface area contributed by atoms with E-state index in [1.165, 1.54) is 6.42 Å². The first-order valence-corrected chi connectivity index (χ1v) is 7.62. The van der Waals surface area contributed by atoms with Crippen LogP contribution in [0.5, 0.6) is 12.0 Å². The fourth-order valence-electron chi connectivity index (χ4n) is 3.22. The molecule has 0 amide bonds. The summed E-state index contributed by atoms with van der Waals surface area (Å²) in [4.78, 5) is 12.6. The third-order valence-electron chi connectivity index (χ3n) is 3.73. The molecule has 0 aliphatic heterocycles. The number of nitrogens with one attached hydrogen (secondary N) is 1. The first-order valence-electron chi connectivity index (χ1n) is 7.62. The number of hydrogen-bond acceptors (Lipinski definition) is 6. The van der Waals surface area contributed by atoms with Crippen molar-refractivity contribution in [1.29, 1.82) is 0 Å². The van der Waals surface area contributed by atoms with Crippen molar-refractivity contribution in [2.45, 2.75) is 53.1 Å². The number of aromatic nitrogens is 3. The molecule has 1 aliphatic rings. The van der Waals surface area contributed by atoms with Crippen molar-refractivity contribution < 1.29 is 9.47 Å². The Bertz CT molecular complexity index is 479. The van der Waals surface area contributed by atoms with Gasteiger partial charge >= 0.3 is 12.0 Å². The molecule has 6 heteroatoms. The summed E-state index contributed by atoms with van der Waals surface area (Å²) in [5.41, 5.74) is 0.296. The SMILES string of the molecule is CCNc1nc(OC)nc(OC2CC(C)CC(C)(C)C2)n1. The van der Waals surface area contributed by atoms with E-state index < -0.39 is 0 Å². The van der Waals surface area contributed by atoms with E-state index in [1.54, 1.807) is 7.11 Å². The molecule has 1 aromatic rings. The van der Waals surface area contributed by atoms with Crippen LogP contribution in [-0.4, -0.2) is 34.7 Å². The molecule has 0 aromatic carbocycles. The second kappa shape index (κ2) is 6.45. The molecule has 1 aromatic heterocycles. The molecule has 1 aliphatic carbocycles. The van der Waals surface area contributed by atoms with E-state index >= 15 is 0 Å². The van der Waals surface area contributed by atoms with Crippen molar-refractivity contribution in [3.05, 3.63) is 0 Å². The summed E-state index contributed by atoms with van der Waals surface area (Å²) in [6.45, 7) is 9.58. The highest BCUT2D eigenvalue weighted by atomic mass is 16.5. The zero-order valence-electron chi connectivity index (χ0n) is 13.6. The third kappa shape index (κ3) is 4.44. The number of nitrogens with zero attached hydrogens (tertiary/aromatic N) is 3. The average molecular weight is 294 g/mol. The maximum atomic E-state index is 6.01. The van der Waals surface area contributed by atoms with Gasteiger partial charge in [0.2, 0.25) is 5.95 Å². The second-order valence-corrected chi connectivity index (χ2v) is 6.61. The molecule has 0 saturated heterocycles. The van der Waals surface area contributed by atoms with Gasteiger partial charge in [-0.3, -0.25) is 0 Å². The zero-order valence-corrected chi connectivity index (χ0v) is 13.6. The topological polar surface area (TPSA) is 69.2 Å². The molecule has 1 saturated carbocycles. The summed E-state index contributed by atoms with van der Waals surface area (Å²) in [7, 11) is 1.54. The Hall–Kier alpha value is -1.59. The van der Waals surface area contributed by atoms with Crippen LogP contribution in [0, 0.1) is 11.3 Å². The molecule has 2 rings (SSSR count). The predicted molar refractivity (Wildman–Crippen MR) is 81.8 cm³/mol. The largest absolute Gasteiger partial charge is 0.467 e. The third-order valence-corrected chi connectivity index (χ3v) is 3.73. The summed E-state index contributed by atoms with van der Waals surface area (Å²) in [5, 5.41) is 3.06. The molecule has 1 N–H and O–H groups in total. The monoisotopic (exact) mass is 294 g/mol. The molecular weight excluding hydrogens is 268 g/mol. The van der Waals surface area contributed by atoms with Crippen molar-refractivity contribution in [3.8, 4) is 12.0 Å². The fraction of sp³-hybridized carbons (Fsp3) is 0.800. The molecule has 6 nitrogen and oxygen atoms in total. The number of hydrogen-bond donors (Lipinski definition) is 1. The van der Waals surface area contributed by atoms with Gasteiger partial charge < -0.3 is 14.8 Å². The molecule has 21 heavy (non-hydrogen) atoms. The average Bonchev–Trinajstić information content (AvgIpc) is 2.36. The second-order valence-electron chi connectivity index (χ2n) is 6.61. The lowest BCUT2D eigenvalue weighted by atomic mass is 9.71. The number of anilines is 1. The Labute approximate surface area is 126 Å². The minimum atomic E-state index is 0.144. The van der Waals surface area contributed by atoms with Crippen LogP contribution in [-0.2, 0) is 0 Å². The lowest BCUT2D eigenvalue weighted by molar-refractivity contribution is 0.0494. The molecule has 0 spiro atoms. The first-order chi connectivity index (χ1) is 9.91. The van der Waals surface area contributed by atoms with Gasteiger partial charge in [-0.1, -0.05) is 20.8 Å². The maximum absolute atomic E-state index is 6.01. The number of rotatable bonds is 5. The van der Waals surface area contributed by atoms with E-state index in [-0.39, 0.29) is 12.1 Å². The summed E-state index contributed by atoms with van der Waals surface area (Å²) in [6.07, 6.45) is 3.43. The van der Waals surface area contributed by atoms with Crippen LogP contribution in [0.1, 0.15) is 47.0 Å². The van der Waals surface area contributed by atoms with E-state index in [0.717, 1.165) is 19.4 Å². The Kier molecular flexibility index (Phi) is 4.85. The number of ether oxygens (including phenoxy) is 2. The Morgan fingerprint density at radius 1 is 1.19 bits per heavy atom. The van der Waals surface area contributed by atoms with Crippen molar-refractivity contribution in [2.75, 3.05) is 19.0 Å². The van der Waals surface area contributed by atoms with E-state index in [2.05, 4.69) is 41.0 Å². The van der Waals surface area contributed by atoms with Gasteiger partial charge in [0.1, 0.15) is 6.10 Å². The quantitative estimate of drug-likeness (QED) is 0.900. The van der Waals surface area contributed by atoms with E-state index in [0.29, 0.717) is 23.3 Å². The van der Waals surface area contributed by atoms with Crippen LogP contribution >= 0.6 is 0 Å². The van der Waals surface area contributed by atoms with Gasteiger partial charge in [-0.2, -0.15) is 9.97 Å². The van der Waals surface area contributed by atoms with Gasteiger partial charge in [0.05, 0.1) is 7.11 Å². The fourth-order valence-corrected chi connectivity index (χ4v) is 3.22. The first kappa shape index (κ1) is 15.8. The van der Waals surface area contributed by atoms with Crippen LogP contribution < -0.4 is 14.8 Å². The molecule has 0 radical (unpaired) electrons. The van der Waals surface area contributed by atoms with Crippen LogP contribution in [0.3, 0.4) is 0 Å². The Balaban J connectivity index is 2.12. The highest BCUT2D eigenvalue weighted by Crippen LogP contribution is 2.39. The van der Waals surface area contributed by atoms with Crippen molar-refractivity contribution in [3.63, 3.8) is 0 Å². The molecule has 0 bridgehead atoms. The Morgan fingerprint density at radius 2 is 1.90 bits per heavy atom. The molecular formula is C15H26N4O2. The van der Waals surface area contributed by atoms with Gasteiger partial charge in [-0.15, -0.1) is 4.98 Å². The summed E-state index contributed by atoms with van der Waals surface area (Å²) < 4.78 is 11.1. The smallest absolute Gasteiger partial charge is 0.324 e. The number of methoxy groups -OCH3 is 1. The highest BCUT2D eigenvalue weighted by molar-refractivity contribution is 5.27. The van der Waals surface area contributed by atoms with Crippen LogP contribution in [0.2, 0.25) is 0 Å². The van der Waals surface area contributed by atoms with E-state index in [4.69, 9.17) is 9.47 Å². The summed E-state index contributed by atoms with van der Waals surface area (Å²) >= 11 is 0. The van der Waals surface area contributed by atoms with Gasteiger partial charge in [-0.25, -0.2) is 0 Å². The van der Waals surface area contributed by atoms with Gasteiger partial charge in [0.15, 0.2) is 0 Å². The maximum Gasteiger partial charge on any atom is 0.324 e. The molecule has 1 heterocycles. The van der Waals surface area contributed by atoms with Crippen molar-refractivity contribution in [1.82, 2.24) is 15.0 Å². The molecule has 1 fully saturated rings. The van der Waals surface area contributed by atoms with Crippen LogP contribution in [0.15, 0.2) is 0 Å². The Morgan fingerprint density at radius 3 is 2.52 bits per heavy atom. The zero-order chi connectivity index (χ0) is 15.5. The standard InChI is InChI=1S/C15H26N4O2/c1-6-16-12-17-13(20-5)19-14(18-12)21-11-7-10(2)8-15(3,4)9-11/h10-11H,6-9H2,1-5H3,(H,16,17,18,19). The lowest BCUT2D eigenvalue weighted by Gasteiger charge is -2.38. The normalized spacial score (nSPS) is 24.4. The van der Waals surface area contributed by atoms with Crippen LogP contribution in [0.25, 0.3) is 0 Å². The lowest BCUT2D eigenvalue weighted by Crippen LogP contribution is -2.34. The highest BCUT2D eigenvalue weighted by Gasteiger charge is 2.33. The minimum absolute atomic E-state index is 0.144. The van der Waals surface area contributed by atoms with Crippen molar-refractivity contribution in [2.24, 2.45) is 11.3 Å². The molecule has 2 atom stereocenters. The predicted octanol–water partition coefficient (Wildman–Crippen LogP) is 2.91. The van der Waals surface area contributed by atoms with Crippen molar-refractivity contribution >= 4 is 5.95 Å². The molecule has 118 valence electrons. The van der Waals surface area contributed by atoms with E-state index in [1.807, 2.05) is 6.92 Å². The van der Waals surface area contributed by atoms with Gasteiger partial charge in [-0.05, 0) is 37.5 Å². The van der Waals surface area contributed by atoms with Crippen LogP contribution in [0.4, 0.5) is 5.95 Å². The van der Waals surface area contributed by atoms with Gasteiger partial charge in [0.25, 0.3) is 0 Å². The minimum Gasteiger partial charge on any atom is -0.467 e. The van der Waals surface area contributed by atoms with Gasteiger partial charge in [0, 0.05) is 6.54 Å². The summed E-state index contributed by atoms with van der Waals surface area (Å²) in [5.74, 6) is 1.14. The van der Waals surface area contributed by atoms with E-state index in [9.17, 15) is 0 Å². The molecule has 2 unspecified atom stereocenters.